The van der Waals surface area contributed by atoms with Crippen LogP contribution in [0.5, 0.6) is 11.5 Å². The number of likely N-dealkylation sites (tertiary alicyclic amines) is 2. The van der Waals surface area contributed by atoms with Crippen LogP contribution < -0.4 is 20.7 Å². The first-order valence-corrected chi connectivity index (χ1v) is 23.8. The monoisotopic (exact) mass is 873 g/mol. The van der Waals surface area contributed by atoms with E-state index >= 15 is 0 Å². The van der Waals surface area contributed by atoms with Crippen molar-refractivity contribution in [3.05, 3.63) is 90.3 Å². The number of nitrogen functional groups attached to an aromatic ring is 1. The Hall–Kier alpha value is -5.99. The molecule has 334 valence electrons. The summed E-state index contributed by atoms with van der Waals surface area (Å²) in [7, 11) is 0. The third-order valence-corrected chi connectivity index (χ3v) is 16.6. The molecule has 3 unspecified atom stereocenters. The average molecular weight is 874 g/mol. The van der Waals surface area contributed by atoms with E-state index in [1.807, 2.05) is 66.7 Å². The molecule has 2 amide bonds. The van der Waals surface area contributed by atoms with Crippen LogP contribution in [0.25, 0.3) is 22.3 Å². The van der Waals surface area contributed by atoms with Crippen LogP contribution in [0.3, 0.4) is 0 Å². The number of rotatable bonds is 8. The van der Waals surface area contributed by atoms with Crippen molar-refractivity contribution in [3.63, 3.8) is 0 Å². The quantitative estimate of drug-likeness (QED) is 0.125. The highest BCUT2D eigenvalue weighted by molar-refractivity contribution is 6.28. The van der Waals surface area contributed by atoms with Gasteiger partial charge in [0.15, 0.2) is 17.2 Å². The maximum atomic E-state index is 13.5. The number of nitrogens with one attached hydrogen (secondary N) is 1. The molecule has 2 aromatic heterocycles. The second kappa shape index (κ2) is 15.9. The molecule has 5 atom stereocenters. The van der Waals surface area contributed by atoms with Gasteiger partial charge in [-0.25, -0.2) is 14.6 Å². The normalized spacial score (nSPS) is 27.3. The summed E-state index contributed by atoms with van der Waals surface area (Å²) in [5.41, 5.74) is 11.2. The van der Waals surface area contributed by atoms with E-state index in [1.54, 1.807) is 12.4 Å². The Bertz CT molecular complexity index is 2680. The van der Waals surface area contributed by atoms with Crippen LogP contribution in [0.15, 0.2) is 79.1 Å². The summed E-state index contributed by atoms with van der Waals surface area (Å²) in [4.78, 5) is 68.1. The van der Waals surface area contributed by atoms with Gasteiger partial charge in [-0.1, -0.05) is 18.2 Å². The molecule has 0 radical (unpaired) electrons. The minimum atomic E-state index is -1.03. The molecule has 4 aliphatic heterocycles. The van der Waals surface area contributed by atoms with Gasteiger partial charge in [0.05, 0.1) is 23.3 Å². The number of para-hydroxylation sites is 1. The molecule has 3 N–H and O–H groups in total. The van der Waals surface area contributed by atoms with Crippen molar-refractivity contribution in [3.8, 4) is 22.8 Å². The summed E-state index contributed by atoms with van der Waals surface area (Å²) in [5, 5.41) is 8.30. The van der Waals surface area contributed by atoms with Crippen LogP contribution in [-0.2, 0) is 9.59 Å². The van der Waals surface area contributed by atoms with Crippen molar-refractivity contribution in [1.82, 2.24) is 34.9 Å². The van der Waals surface area contributed by atoms with Crippen LogP contribution in [0.1, 0.15) is 91.0 Å². The highest BCUT2D eigenvalue weighted by Gasteiger charge is 2.52. The minimum Gasteiger partial charge on any atom is -0.457 e. The van der Waals surface area contributed by atoms with E-state index in [2.05, 4.69) is 29.7 Å². The first-order valence-electron chi connectivity index (χ1n) is 23.8. The topological polar surface area (TPSA) is 169 Å². The fraction of sp³-hybridized carbons (Fsp3) is 0.471. The maximum absolute atomic E-state index is 13.5. The van der Waals surface area contributed by atoms with Crippen LogP contribution in [0.2, 0.25) is 0 Å². The molecular formula is C51H55N9O5. The lowest BCUT2D eigenvalue weighted by molar-refractivity contribution is -0.137. The second-order valence-electron chi connectivity index (χ2n) is 20.1. The van der Waals surface area contributed by atoms with Crippen molar-refractivity contribution < 1.29 is 23.9 Å². The van der Waals surface area contributed by atoms with Crippen LogP contribution in [0, 0.1) is 29.1 Å². The Balaban J connectivity index is 0.622. The van der Waals surface area contributed by atoms with E-state index in [9.17, 15) is 19.2 Å². The van der Waals surface area contributed by atoms with Gasteiger partial charge in [0, 0.05) is 80.2 Å². The Labute approximate surface area is 377 Å². The highest BCUT2D eigenvalue weighted by atomic mass is 16.5. The molecule has 4 saturated heterocycles. The lowest BCUT2D eigenvalue weighted by Crippen LogP contribution is -2.55. The second-order valence-corrected chi connectivity index (χ2v) is 20.1. The number of carbonyl (C=O) groups excluding carboxylic acids is 4. The van der Waals surface area contributed by atoms with Crippen LogP contribution in [0.4, 0.5) is 11.5 Å². The van der Waals surface area contributed by atoms with Crippen molar-refractivity contribution in [1.29, 1.82) is 0 Å². The molecule has 12 rings (SSSR count). The van der Waals surface area contributed by atoms with Gasteiger partial charge in [-0.05, 0) is 130 Å². The van der Waals surface area contributed by atoms with Crippen molar-refractivity contribution in [2.75, 3.05) is 49.9 Å². The van der Waals surface area contributed by atoms with Crippen LogP contribution in [-0.4, -0.2) is 104 Å². The number of nitrogens with zero attached hydrogens (tertiary/aromatic N) is 7. The van der Waals surface area contributed by atoms with Gasteiger partial charge in [0.1, 0.15) is 29.3 Å². The number of hydrogen-bond donors (Lipinski definition) is 2. The Morgan fingerprint density at radius 3 is 2.15 bits per heavy atom. The smallest absolute Gasteiger partial charge is 0.230 e. The number of piperidine rings is 3. The SMILES string of the molecule is Nc1ncnc2c1c(-c1ccc(Oc3ccccc3)cc1)nn2C1CCN(C2C[C@@H]3CN(C4CC5(CCN(c6ccc7c(c6)C(=O)C(C6CCC(=O)NC6=O)C7=O)CC5)C4)C[C@@H]3C2)CC1. The van der Waals surface area contributed by atoms with E-state index in [1.165, 1.54) is 38.8 Å². The summed E-state index contributed by atoms with van der Waals surface area (Å²) >= 11 is 0. The number of ketones is 2. The number of carbonyl (C=O) groups is 4. The molecule has 14 heteroatoms. The largest absolute Gasteiger partial charge is 0.457 e. The fourth-order valence-electron chi connectivity index (χ4n) is 13.0. The zero-order chi connectivity index (χ0) is 44.0. The lowest BCUT2D eigenvalue weighted by Gasteiger charge is -2.55. The molecule has 1 spiro atoms. The average Bonchev–Trinajstić information content (AvgIpc) is 4.07. The van der Waals surface area contributed by atoms with Crippen molar-refractivity contribution in [2.24, 2.45) is 29.1 Å². The predicted molar refractivity (Wildman–Crippen MR) is 244 cm³/mol. The van der Waals surface area contributed by atoms with Gasteiger partial charge in [0.25, 0.3) is 0 Å². The summed E-state index contributed by atoms with van der Waals surface area (Å²) in [6.45, 7) is 6.46. The molecule has 0 bridgehead atoms. The van der Waals surface area contributed by atoms with E-state index in [-0.39, 0.29) is 36.4 Å². The van der Waals surface area contributed by atoms with E-state index in [0.29, 0.717) is 34.4 Å². The van der Waals surface area contributed by atoms with Gasteiger partial charge in [0.2, 0.25) is 11.8 Å². The molecule has 5 aromatic rings. The molecular weight excluding hydrogens is 819 g/mol. The standard InChI is InChI=1S/C51H55N9O5/c52-48-44-45(30-6-9-38(10-7-30)65-37-4-2-1-3-5-37)56-60(49(44)54-29-53-48)33-14-18-57(19-15-33)35-22-31-27-59(28-32(31)23-35)36-25-51(26-36)16-20-58(21-17-51)34-8-11-39-41(24-34)47(63)43(46(39)62)40-12-13-42(61)55-50(40)64/h1-11,24,29,31-33,35-36,40,43H,12-23,25-28H2,(H2,52,53,54)(H,55,61,64)/t31-,32+,35?,40?,43?. The molecule has 7 aliphatic rings. The lowest BCUT2D eigenvalue weighted by atomic mass is 9.60. The zero-order valence-corrected chi connectivity index (χ0v) is 36.6. The molecule has 65 heavy (non-hydrogen) atoms. The predicted octanol–water partition coefficient (Wildman–Crippen LogP) is 6.71. The first-order chi connectivity index (χ1) is 31.7. The molecule has 3 aliphatic carbocycles. The van der Waals surface area contributed by atoms with Crippen molar-refractivity contribution >= 4 is 45.9 Å². The number of anilines is 2. The van der Waals surface area contributed by atoms with Gasteiger partial charge in [-0.2, -0.15) is 5.10 Å². The molecule has 14 nitrogen and oxygen atoms in total. The molecule has 6 heterocycles. The first kappa shape index (κ1) is 40.5. The summed E-state index contributed by atoms with van der Waals surface area (Å²) in [6.07, 6.45) is 11.4. The number of imide groups is 1. The number of fused-ring (bicyclic) bond motifs is 3. The van der Waals surface area contributed by atoms with Gasteiger partial charge < -0.3 is 20.3 Å². The minimum absolute atomic E-state index is 0.151. The maximum Gasteiger partial charge on any atom is 0.230 e. The van der Waals surface area contributed by atoms with Gasteiger partial charge >= 0.3 is 0 Å². The number of aromatic nitrogens is 4. The third-order valence-electron chi connectivity index (χ3n) is 16.6. The Kier molecular flexibility index (Phi) is 9.89. The van der Waals surface area contributed by atoms with Gasteiger partial charge in [-0.15, -0.1) is 0 Å². The third kappa shape index (κ3) is 7.11. The Morgan fingerprint density at radius 1 is 0.723 bits per heavy atom. The summed E-state index contributed by atoms with van der Waals surface area (Å²) in [6, 6.07) is 25.0. The number of amides is 2. The fourth-order valence-corrected chi connectivity index (χ4v) is 13.0. The summed E-state index contributed by atoms with van der Waals surface area (Å²) in [5.74, 6) is 0.306. The number of hydrogen-bond acceptors (Lipinski definition) is 12. The van der Waals surface area contributed by atoms with E-state index in [4.69, 9.17) is 20.6 Å². The van der Waals surface area contributed by atoms with Crippen molar-refractivity contribution in [2.45, 2.75) is 82.3 Å². The molecule has 6 fully saturated rings. The molecule has 2 saturated carbocycles. The zero-order valence-electron chi connectivity index (χ0n) is 36.6. The van der Waals surface area contributed by atoms with Gasteiger partial charge in [-0.3, -0.25) is 29.4 Å². The van der Waals surface area contributed by atoms with E-state index in [0.717, 1.165) is 103 Å². The number of ether oxygens (including phenoxy) is 1. The molecule has 3 aromatic carbocycles. The summed E-state index contributed by atoms with van der Waals surface area (Å²) < 4.78 is 8.15. The van der Waals surface area contributed by atoms with Crippen LogP contribution >= 0.6 is 0 Å². The number of benzene rings is 3. The number of Topliss-reactive ketones (excluding diaryl/α,β-unsaturated/α-hetero) is 2. The van der Waals surface area contributed by atoms with E-state index < -0.39 is 17.7 Å². The number of nitrogens with two attached hydrogens (primary N) is 1. The Morgan fingerprint density at radius 2 is 1.43 bits per heavy atom. The highest BCUT2D eigenvalue weighted by Crippen LogP contribution is 2.54.